The fraction of sp³-hybridized carbons (Fsp3) is 0.333. The van der Waals surface area contributed by atoms with Gasteiger partial charge in [-0.25, -0.2) is 4.39 Å². The molecule has 6 heteroatoms. The van der Waals surface area contributed by atoms with Gasteiger partial charge in [0.15, 0.2) is 0 Å². The summed E-state index contributed by atoms with van der Waals surface area (Å²) in [5.41, 5.74) is 0.388. The second kappa shape index (κ2) is 6.86. The van der Waals surface area contributed by atoms with Gasteiger partial charge in [0, 0.05) is 25.9 Å². The first-order chi connectivity index (χ1) is 11.5. The molecule has 5 nitrogen and oxygen atoms in total. The van der Waals surface area contributed by atoms with Crippen molar-refractivity contribution in [2.75, 3.05) is 13.1 Å². The molecular formula is C18H18FNO4. The van der Waals surface area contributed by atoms with E-state index in [-0.39, 0.29) is 24.7 Å². The fourth-order valence-electron chi connectivity index (χ4n) is 2.89. The number of furan rings is 1. The summed E-state index contributed by atoms with van der Waals surface area (Å²) < 4.78 is 19.4. The van der Waals surface area contributed by atoms with Crippen LogP contribution in [-0.2, 0) is 16.0 Å². The highest BCUT2D eigenvalue weighted by atomic mass is 19.1. The standard InChI is InChI=1S/C18H18FNO4/c19-15-4-2-1-3-14(15)16-7-5-13(24-16)6-8-17(21)20-10-9-12(11-20)18(22)23/h1-5,7,12H,6,8-11H2,(H,22,23). The van der Waals surface area contributed by atoms with Gasteiger partial charge in [-0.05, 0) is 30.7 Å². The molecule has 1 saturated heterocycles. The maximum atomic E-state index is 13.7. The van der Waals surface area contributed by atoms with Crippen LogP contribution < -0.4 is 0 Å². The molecule has 1 aliphatic rings. The molecule has 2 aromatic rings. The lowest BCUT2D eigenvalue weighted by atomic mass is 10.1. The SMILES string of the molecule is O=C(O)C1CCN(C(=O)CCc2ccc(-c3ccccc3F)o2)C1. The quantitative estimate of drug-likeness (QED) is 0.914. The molecule has 1 aromatic carbocycles. The molecule has 1 aromatic heterocycles. The maximum Gasteiger partial charge on any atom is 0.308 e. The van der Waals surface area contributed by atoms with Gasteiger partial charge in [0.2, 0.25) is 5.91 Å². The third-order valence-electron chi connectivity index (χ3n) is 4.28. The van der Waals surface area contributed by atoms with Crippen LogP contribution in [0.4, 0.5) is 4.39 Å². The van der Waals surface area contributed by atoms with Crippen molar-refractivity contribution >= 4 is 11.9 Å². The van der Waals surface area contributed by atoms with Crippen molar-refractivity contribution < 1.29 is 23.5 Å². The van der Waals surface area contributed by atoms with Crippen molar-refractivity contribution in [3.63, 3.8) is 0 Å². The van der Waals surface area contributed by atoms with Crippen molar-refractivity contribution in [1.29, 1.82) is 0 Å². The summed E-state index contributed by atoms with van der Waals surface area (Å²) in [4.78, 5) is 24.7. The Labute approximate surface area is 138 Å². The number of nitrogens with zero attached hydrogens (tertiary/aromatic N) is 1. The smallest absolute Gasteiger partial charge is 0.308 e. The molecule has 0 saturated carbocycles. The van der Waals surface area contributed by atoms with Gasteiger partial charge < -0.3 is 14.4 Å². The molecule has 1 atom stereocenters. The Bertz CT molecular complexity index is 755. The second-order valence-electron chi connectivity index (χ2n) is 5.91. The van der Waals surface area contributed by atoms with Crippen LogP contribution in [0, 0.1) is 11.7 Å². The zero-order valence-corrected chi connectivity index (χ0v) is 13.1. The van der Waals surface area contributed by atoms with Crippen LogP contribution in [0.5, 0.6) is 0 Å². The Kier molecular flexibility index (Phi) is 4.64. The van der Waals surface area contributed by atoms with Gasteiger partial charge in [-0.1, -0.05) is 12.1 Å². The van der Waals surface area contributed by atoms with Crippen LogP contribution >= 0.6 is 0 Å². The number of carboxylic acid groups (broad SMARTS) is 1. The lowest BCUT2D eigenvalue weighted by Crippen LogP contribution is -2.30. The van der Waals surface area contributed by atoms with E-state index < -0.39 is 11.9 Å². The third kappa shape index (κ3) is 3.48. The highest BCUT2D eigenvalue weighted by molar-refractivity contribution is 5.78. The van der Waals surface area contributed by atoms with E-state index in [1.54, 1.807) is 35.2 Å². The number of carbonyl (C=O) groups excluding carboxylic acids is 1. The van der Waals surface area contributed by atoms with Gasteiger partial charge in [0.25, 0.3) is 0 Å². The number of halogens is 1. The number of aliphatic carboxylic acids is 1. The third-order valence-corrected chi connectivity index (χ3v) is 4.28. The van der Waals surface area contributed by atoms with E-state index in [1.165, 1.54) is 6.07 Å². The minimum Gasteiger partial charge on any atom is -0.481 e. The number of hydrogen-bond acceptors (Lipinski definition) is 3. The van der Waals surface area contributed by atoms with E-state index in [4.69, 9.17) is 9.52 Å². The number of rotatable bonds is 5. The molecule has 1 unspecified atom stereocenters. The second-order valence-corrected chi connectivity index (χ2v) is 5.91. The number of aryl methyl sites for hydroxylation is 1. The minimum atomic E-state index is -0.856. The molecule has 0 bridgehead atoms. The molecule has 126 valence electrons. The summed E-state index contributed by atoms with van der Waals surface area (Å²) in [5.74, 6) is -0.719. The monoisotopic (exact) mass is 331 g/mol. The van der Waals surface area contributed by atoms with Crippen LogP contribution in [0.1, 0.15) is 18.6 Å². The van der Waals surface area contributed by atoms with Crippen molar-refractivity contribution in [2.45, 2.75) is 19.3 Å². The minimum absolute atomic E-state index is 0.0809. The van der Waals surface area contributed by atoms with Gasteiger partial charge in [0.1, 0.15) is 17.3 Å². The van der Waals surface area contributed by atoms with Crippen LogP contribution in [0.15, 0.2) is 40.8 Å². The summed E-state index contributed by atoms with van der Waals surface area (Å²) in [6.45, 7) is 0.751. The average Bonchev–Trinajstić information content (AvgIpc) is 3.22. The topological polar surface area (TPSA) is 70.8 Å². The first kappa shape index (κ1) is 16.2. The predicted molar refractivity (Wildman–Crippen MR) is 84.7 cm³/mol. The molecule has 3 rings (SSSR count). The zero-order chi connectivity index (χ0) is 17.1. The first-order valence-electron chi connectivity index (χ1n) is 7.89. The lowest BCUT2D eigenvalue weighted by Gasteiger charge is -2.15. The summed E-state index contributed by atoms with van der Waals surface area (Å²) >= 11 is 0. The highest BCUT2D eigenvalue weighted by Crippen LogP contribution is 2.25. The first-order valence-corrected chi connectivity index (χ1v) is 7.89. The molecule has 1 aliphatic heterocycles. The molecule has 2 heterocycles. The average molecular weight is 331 g/mol. The van der Waals surface area contributed by atoms with E-state index in [0.29, 0.717) is 36.5 Å². The molecule has 1 fully saturated rings. The molecular weight excluding hydrogens is 313 g/mol. The highest BCUT2D eigenvalue weighted by Gasteiger charge is 2.30. The van der Waals surface area contributed by atoms with E-state index in [0.717, 1.165) is 0 Å². The number of carboxylic acids is 1. The Morgan fingerprint density at radius 2 is 2.04 bits per heavy atom. The Hall–Kier alpha value is -2.63. The number of carbonyl (C=O) groups is 2. The van der Waals surface area contributed by atoms with Gasteiger partial charge in [-0.3, -0.25) is 9.59 Å². The molecule has 24 heavy (non-hydrogen) atoms. The van der Waals surface area contributed by atoms with Gasteiger partial charge >= 0.3 is 5.97 Å². The lowest BCUT2D eigenvalue weighted by molar-refractivity contribution is -0.141. The number of hydrogen-bond donors (Lipinski definition) is 1. The van der Waals surface area contributed by atoms with Crippen LogP contribution in [0.25, 0.3) is 11.3 Å². The Morgan fingerprint density at radius 1 is 1.25 bits per heavy atom. The Morgan fingerprint density at radius 3 is 2.75 bits per heavy atom. The van der Waals surface area contributed by atoms with Crippen molar-refractivity contribution in [3.05, 3.63) is 48.0 Å². The van der Waals surface area contributed by atoms with Crippen molar-refractivity contribution in [2.24, 2.45) is 5.92 Å². The summed E-state index contributed by atoms with van der Waals surface area (Å²) in [5, 5.41) is 8.97. The molecule has 1 N–H and O–H groups in total. The van der Waals surface area contributed by atoms with Crippen LogP contribution in [0.2, 0.25) is 0 Å². The van der Waals surface area contributed by atoms with E-state index in [9.17, 15) is 14.0 Å². The fourth-order valence-corrected chi connectivity index (χ4v) is 2.89. The molecule has 0 radical (unpaired) electrons. The van der Waals surface area contributed by atoms with E-state index in [2.05, 4.69) is 0 Å². The number of amides is 1. The van der Waals surface area contributed by atoms with E-state index >= 15 is 0 Å². The van der Waals surface area contributed by atoms with Crippen LogP contribution in [-0.4, -0.2) is 35.0 Å². The van der Waals surface area contributed by atoms with Gasteiger partial charge in [-0.2, -0.15) is 0 Å². The largest absolute Gasteiger partial charge is 0.481 e. The van der Waals surface area contributed by atoms with Crippen molar-refractivity contribution in [3.8, 4) is 11.3 Å². The summed E-state index contributed by atoms with van der Waals surface area (Å²) in [6, 6.07) is 9.78. The number of likely N-dealkylation sites (tertiary alicyclic amines) is 1. The molecule has 1 amide bonds. The molecule has 0 aliphatic carbocycles. The summed E-state index contributed by atoms with van der Waals surface area (Å²) in [6.07, 6.45) is 1.15. The van der Waals surface area contributed by atoms with E-state index in [1.807, 2.05) is 0 Å². The van der Waals surface area contributed by atoms with Crippen LogP contribution in [0.3, 0.4) is 0 Å². The van der Waals surface area contributed by atoms with Gasteiger partial charge in [-0.15, -0.1) is 0 Å². The maximum absolute atomic E-state index is 13.7. The predicted octanol–water partition coefficient (Wildman–Crippen LogP) is 2.95. The zero-order valence-electron chi connectivity index (χ0n) is 13.1. The normalized spacial score (nSPS) is 17.2. The Balaban J connectivity index is 1.57. The summed E-state index contributed by atoms with van der Waals surface area (Å²) in [7, 11) is 0. The molecule has 0 spiro atoms. The van der Waals surface area contributed by atoms with Gasteiger partial charge in [0.05, 0.1) is 11.5 Å². The number of benzene rings is 1. The van der Waals surface area contributed by atoms with Crippen molar-refractivity contribution in [1.82, 2.24) is 4.90 Å².